The number of ether oxygens (including phenoxy) is 1. The van der Waals surface area contributed by atoms with Gasteiger partial charge in [0.05, 0.1) is 13.3 Å². The first kappa shape index (κ1) is 17.2. The van der Waals surface area contributed by atoms with E-state index < -0.39 is 23.2 Å². The Morgan fingerprint density at radius 3 is 2.33 bits per heavy atom. The molecule has 24 heavy (non-hydrogen) atoms. The summed E-state index contributed by atoms with van der Waals surface area (Å²) in [5, 5.41) is 41.8. The molecule has 0 saturated heterocycles. The number of phenols is 4. The molecule has 2 aromatic carbocycles. The molecule has 0 spiro atoms. The summed E-state index contributed by atoms with van der Waals surface area (Å²) < 4.78 is 4.94. The van der Waals surface area contributed by atoms with Gasteiger partial charge in [-0.2, -0.15) is 5.10 Å². The number of hydrogen-bond donors (Lipinski definition) is 5. The first-order chi connectivity index (χ1) is 11.3. The monoisotopic (exact) mass is 352 g/mol. The third-order valence-electron chi connectivity index (χ3n) is 2.99. The van der Waals surface area contributed by atoms with Crippen LogP contribution >= 0.6 is 11.6 Å². The van der Waals surface area contributed by atoms with Gasteiger partial charge in [0.2, 0.25) is 0 Å². The molecule has 126 valence electrons. The van der Waals surface area contributed by atoms with Gasteiger partial charge in [-0.3, -0.25) is 4.79 Å². The van der Waals surface area contributed by atoms with Crippen LogP contribution in [0.4, 0.5) is 0 Å². The zero-order valence-corrected chi connectivity index (χ0v) is 13.1. The summed E-state index contributed by atoms with van der Waals surface area (Å²) in [7, 11) is 1.36. The van der Waals surface area contributed by atoms with E-state index in [2.05, 4.69) is 10.5 Å². The van der Waals surface area contributed by atoms with E-state index in [1.807, 2.05) is 0 Å². The molecule has 0 bridgehead atoms. The van der Waals surface area contributed by atoms with E-state index in [1.54, 1.807) is 0 Å². The van der Waals surface area contributed by atoms with Crippen LogP contribution in [-0.4, -0.2) is 39.7 Å². The van der Waals surface area contributed by atoms with E-state index in [-0.39, 0.29) is 22.6 Å². The molecule has 8 nitrogen and oxygen atoms in total. The molecule has 0 aromatic heterocycles. The predicted octanol–water partition coefficient (Wildman–Crippen LogP) is 1.93. The van der Waals surface area contributed by atoms with Gasteiger partial charge < -0.3 is 25.2 Å². The molecule has 1 amide bonds. The number of carbonyl (C=O) groups excluding carboxylic acids is 1. The summed E-state index contributed by atoms with van der Waals surface area (Å²) in [6.45, 7) is 0. The van der Waals surface area contributed by atoms with Crippen molar-refractivity contribution in [3.8, 4) is 28.7 Å². The highest BCUT2D eigenvalue weighted by atomic mass is 35.5. The smallest absolute Gasteiger partial charge is 0.271 e. The fourth-order valence-corrected chi connectivity index (χ4v) is 2.03. The Morgan fingerprint density at radius 2 is 1.75 bits per heavy atom. The van der Waals surface area contributed by atoms with Crippen LogP contribution < -0.4 is 10.2 Å². The molecule has 0 saturated carbocycles. The number of rotatable bonds is 4. The van der Waals surface area contributed by atoms with Crippen LogP contribution in [-0.2, 0) is 0 Å². The maximum Gasteiger partial charge on any atom is 0.271 e. The first-order valence-electron chi connectivity index (χ1n) is 6.48. The zero-order valence-electron chi connectivity index (χ0n) is 12.3. The van der Waals surface area contributed by atoms with Gasteiger partial charge in [-0.15, -0.1) is 0 Å². The molecule has 0 radical (unpaired) electrons. The molecule has 0 aliphatic carbocycles. The van der Waals surface area contributed by atoms with Gasteiger partial charge in [-0.1, -0.05) is 11.6 Å². The largest absolute Gasteiger partial charge is 0.504 e. The van der Waals surface area contributed by atoms with Gasteiger partial charge in [-0.25, -0.2) is 5.43 Å². The molecule has 9 heteroatoms. The minimum absolute atomic E-state index is 0.132. The molecule has 2 aromatic rings. The third-order valence-corrected chi connectivity index (χ3v) is 3.21. The van der Waals surface area contributed by atoms with E-state index in [4.69, 9.17) is 16.3 Å². The Kier molecular flexibility index (Phi) is 5.00. The molecular weight excluding hydrogens is 340 g/mol. The SMILES string of the molecule is COc1cc(Cl)cc(C=NNC(=O)c2cc(O)c(O)c(O)c2)c1O. The summed E-state index contributed by atoms with van der Waals surface area (Å²) in [5.74, 6) is -2.86. The molecule has 0 aliphatic rings. The van der Waals surface area contributed by atoms with Gasteiger partial charge in [0.15, 0.2) is 28.7 Å². The highest BCUT2D eigenvalue weighted by Gasteiger charge is 2.13. The molecule has 0 heterocycles. The number of halogens is 1. The fraction of sp³-hybridized carbons (Fsp3) is 0.0667. The standard InChI is InChI=1S/C15H13ClN2O6/c1-24-12-5-9(16)2-8(13(12)21)6-17-18-15(23)7-3-10(19)14(22)11(20)4-7/h2-6,19-22H,1H3,(H,18,23). The lowest BCUT2D eigenvalue weighted by Gasteiger charge is -2.07. The van der Waals surface area contributed by atoms with E-state index in [1.165, 1.54) is 19.2 Å². The van der Waals surface area contributed by atoms with Crippen LogP contribution in [0, 0.1) is 0 Å². The molecule has 5 N–H and O–H groups in total. The van der Waals surface area contributed by atoms with E-state index in [0.717, 1.165) is 18.3 Å². The second-order valence-corrected chi connectivity index (χ2v) is 5.04. The fourth-order valence-electron chi connectivity index (χ4n) is 1.81. The highest BCUT2D eigenvalue weighted by Crippen LogP contribution is 2.35. The van der Waals surface area contributed by atoms with Crippen molar-refractivity contribution < 1.29 is 30.0 Å². The van der Waals surface area contributed by atoms with Crippen LogP contribution in [0.3, 0.4) is 0 Å². The predicted molar refractivity (Wildman–Crippen MR) is 86.2 cm³/mol. The second-order valence-electron chi connectivity index (χ2n) is 4.61. The van der Waals surface area contributed by atoms with Crippen molar-refractivity contribution in [2.45, 2.75) is 0 Å². The minimum Gasteiger partial charge on any atom is -0.504 e. The number of nitrogens with zero attached hydrogens (tertiary/aromatic N) is 1. The quantitative estimate of drug-likeness (QED) is 0.324. The normalized spacial score (nSPS) is 10.8. The number of amides is 1. The number of nitrogens with one attached hydrogen (secondary N) is 1. The Hall–Kier alpha value is -3.13. The summed E-state index contributed by atoms with van der Waals surface area (Å²) in [5.41, 5.74) is 2.21. The average molecular weight is 353 g/mol. The van der Waals surface area contributed by atoms with Crippen LogP contribution in [0.5, 0.6) is 28.7 Å². The molecular formula is C15H13ClN2O6. The van der Waals surface area contributed by atoms with Crippen LogP contribution in [0.15, 0.2) is 29.4 Å². The zero-order chi connectivity index (χ0) is 17.9. The van der Waals surface area contributed by atoms with Crippen molar-refractivity contribution in [3.63, 3.8) is 0 Å². The summed E-state index contributed by atoms with van der Waals surface area (Å²) in [4.78, 5) is 11.9. The number of benzene rings is 2. The van der Waals surface area contributed by atoms with Gasteiger partial charge in [0, 0.05) is 22.2 Å². The van der Waals surface area contributed by atoms with E-state index in [9.17, 15) is 25.2 Å². The second kappa shape index (κ2) is 6.97. The minimum atomic E-state index is -0.759. The summed E-state index contributed by atoms with van der Waals surface area (Å²) in [6.07, 6.45) is 1.14. The van der Waals surface area contributed by atoms with Gasteiger partial charge in [-0.05, 0) is 18.2 Å². The molecule has 0 fully saturated rings. The maximum absolute atomic E-state index is 11.9. The van der Waals surface area contributed by atoms with Crippen molar-refractivity contribution in [1.29, 1.82) is 0 Å². The first-order valence-corrected chi connectivity index (χ1v) is 6.86. The molecule has 0 unspecified atom stereocenters. The topological polar surface area (TPSA) is 132 Å². The van der Waals surface area contributed by atoms with Gasteiger partial charge in [0.25, 0.3) is 5.91 Å². The van der Waals surface area contributed by atoms with E-state index in [0.29, 0.717) is 5.02 Å². The number of methoxy groups -OCH3 is 1. The molecule has 0 aliphatic heterocycles. The lowest BCUT2D eigenvalue weighted by molar-refractivity contribution is 0.0954. The maximum atomic E-state index is 11.9. The van der Waals surface area contributed by atoms with Crippen LogP contribution in [0.2, 0.25) is 5.02 Å². The van der Waals surface area contributed by atoms with Crippen LogP contribution in [0.1, 0.15) is 15.9 Å². The van der Waals surface area contributed by atoms with Gasteiger partial charge in [0.1, 0.15) is 0 Å². The number of hydrogen-bond acceptors (Lipinski definition) is 7. The highest BCUT2D eigenvalue weighted by molar-refractivity contribution is 6.31. The number of aromatic hydroxyl groups is 4. The Balaban J connectivity index is 2.18. The van der Waals surface area contributed by atoms with Crippen LogP contribution in [0.25, 0.3) is 0 Å². The van der Waals surface area contributed by atoms with Crippen molar-refractivity contribution in [2.24, 2.45) is 5.10 Å². The lowest BCUT2D eigenvalue weighted by Crippen LogP contribution is -2.17. The average Bonchev–Trinajstić information content (AvgIpc) is 2.54. The van der Waals surface area contributed by atoms with Gasteiger partial charge >= 0.3 is 0 Å². The number of hydrazone groups is 1. The molecule has 0 atom stereocenters. The number of carbonyl (C=O) groups is 1. The molecule has 2 rings (SSSR count). The third kappa shape index (κ3) is 3.61. The Bertz CT molecular complexity index is 799. The number of phenolic OH excluding ortho intramolecular Hbond substituents is 4. The van der Waals surface area contributed by atoms with Crippen molar-refractivity contribution >= 4 is 23.7 Å². The Morgan fingerprint density at radius 1 is 1.12 bits per heavy atom. The lowest BCUT2D eigenvalue weighted by atomic mass is 10.2. The van der Waals surface area contributed by atoms with Crippen molar-refractivity contribution in [3.05, 3.63) is 40.4 Å². The van der Waals surface area contributed by atoms with Crippen molar-refractivity contribution in [2.75, 3.05) is 7.11 Å². The summed E-state index contributed by atoms with van der Waals surface area (Å²) in [6, 6.07) is 4.74. The van der Waals surface area contributed by atoms with Crippen molar-refractivity contribution in [1.82, 2.24) is 5.43 Å². The Labute approximate surface area is 141 Å². The van der Waals surface area contributed by atoms with E-state index >= 15 is 0 Å². The summed E-state index contributed by atoms with van der Waals surface area (Å²) >= 11 is 5.87.